The van der Waals surface area contributed by atoms with Gasteiger partial charge >= 0.3 is 5.97 Å². The van der Waals surface area contributed by atoms with Gasteiger partial charge < -0.3 is 9.64 Å². The lowest BCUT2D eigenvalue weighted by Gasteiger charge is -2.28. The summed E-state index contributed by atoms with van der Waals surface area (Å²) in [6, 6.07) is 12.4. The van der Waals surface area contributed by atoms with Gasteiger partial charge in [0, 0.05) is 15.8 Å². The zero-order valence-electron chi connectivity index (χ0n) is 14.7. The van der Waals surface area contributed by atoms with Crippen LogP contribution >= 0.6 is 27.7 Å². The Bertz CT molecular complexity index is 830. The average Bonchev–Trinajstić information content (AvgIpc) is 3.11. The zero-order chi connectivity index (χ0) is 19.4. The molecule has 2 unspecified atom stereocenters. The molecule has 1 fully saturated rings. The second-order valence-corrected chi connectivity index (χ2v) is 8.17. The van der Waals surface area contributed by atoms with E-state index in [0.29, 0.717) is 24.3 Å². The van der Waals surface area contributed by atoms with Crippen molar-refractivity contribution in [1.82, 2.24) is 4.90 Å². The fraction of sp³-hybridized carbons (Fsp3) is 0.300. The fourth-order valence-electron chi connectivity index (χ4n) is 2.89. The highest BCUT2D eigenvalue weighted by molar-refractivity contribution is 9.10. The monoisotopic (exact) mass is 451 g/mol. The Balaban J connectivity index is 1.94. The highest BCUT2D eigenvalue weighted by atomic mass is 79.9. The normalized spacial score (nSPS) is 19.1. The second-order valence-electron chi connectivity index (χ2n) is 6.14. The number of rotatable bonds is 5. The van der Waals surface area contributed by atoms with Crippen molar-refractivity contribution >= 4 is 39.6 Å². The van der Waals surface area contributed by atoms with Gasteiger partial charge in [0.2, 0.25) is 0 Å². The van der Waals surface area contributed by atoms with Crippen LogP contribution in [0.25, 0.3) is 0 Å². The summed E-state index contributed by atoms with van der Waals surface area (Å²) in [4.78, 5) is 27.4. The first-order chi connectivity index (χ1) is 13.0. The molecular formula is C20H19BrFNO3S. The number of ether oxygens (including phenoxy) is 1. The smallest absolute Gasteiger partial charge is 0.329 e. The molecule has 0 aromatic heterocycles. The molecular weight excluding hydrogens is 433 g/mol. The summed E-state index contributed by atoms with van der Waals surface area (Å²) in [6.07, 6.45) is 0.715. The fourth-order valence-corrected chi connectivity index (χ4v) is 4.70. The van der Waals surface area contributed by atoms with Gasteiger partial charge in [-0.1, -0.05) is 41.1 Å². The molecule has 0 bridgehead atoms. The van der Waals surface area contributed by atoms with E-state index in [1.807, 2.05) is 13.0 Å². The van der Waals surface area contributed by atoms with Gasteiger partial charge in [-0.05, 0) is 42.3 Å². The zero-order valence-corrected chi connectivity index (χ0v) is 17.1. The summed E-state index contributed by atoms with van der Waals surface area (Å²) in [5.41, 5.74) is 1.25. The van der Waals surface area contributed by atoms with E-state index in [2.05, 4.69) is 15.9 Å². The van der Waals surface area contributed by atoms with Gasteiger partial charge in [0.05, 0.1) is 6.61 Å². The molecule has 7 heteroatoms. The third kappa shape index (κ3) is 4.52. The lowest BCUT2D eigenvalue weighted by atomic mass is 10.1. The Hall–Kier alpha value is -1.86. The van der Waals surface area contributed by atoms with E-state index in [-0.39, 0.29) is 17.1 Å². The highest BCUT2D eigenvalue weighted by Crippen LogP contribution is 2.42. The molecule has 1 saturated heterocycles. The van der Waals surface area contributed by atoms with Gasteiger partial charge in [-0.15, -0.1) is 11.8 Å². The molecule has 0 spiro atoms. The van der Waals surface area contributed by atoms with Crippen molar-refractivity contribution in [3.8, 4) is 0 Å². The molecule has 3 rings (SSSR count). The molecule has 0 aliphatic carbocycles. The van der Waals surface area contributed by atoms with Crippen LogP contribution in [0.4, 0.5) is 4.39 Å². The minimum Gasteiger partial charge on any atom is -0.464 e. The first-order valence-corrected chi connectivity index (χ1v) is 10.5. The van der Waals surface area contributed by atoms with Crippen molar-refractivity contribution in [3.05, 3.63) is 69.9 Å². The molecule has 0 saturated carbocycles. The maximum absolute atomic E-state index is 13.3. The molecule has 142 valence electrons. The van der Waals surface area contributed by atoms with Crippen molar-refractivity contribution in [2.24, 2.45) is 0 Å². The minimum atomic E-state index is -0.678. The van der Waals surface area contributed by atoms with Crippen LogP contribution in [0, 0.1) is 5.82 Å². The summed E-state index contributed by atoms with van der Waals surface area (Å²) in [6.45, 7) is 2.24. The van der Waals surface area contributed by atoms with E-state index in [4.69, 9.17) is 4.74 Å². The molecule has 4 nitrogen and oxygen atoms in total. The summed E-state index contributed by atoms with van der Waals surface area (Å²) >= 11 is 4.85. The van der Waals surface area contributed by atoms with E-state index in [0.717, 1.165) is 10.0 Å². The number of amides is 1. The molecule has 0 radical (unpaired) electrons. The van der Waals surface area contributed by atoms with Crippen LogP contribution < -0.4 is 0 Å². The van der Waals surface area contributed by atoms with Crippen molar-refractivity contribution < 1.29 is 18.7 Å². The number of carbonyl (C=O) groups is 2. The van der Waals surface area contributed by atoms with Crippen molar-refractivity contribution in [2.45, 2.75) is 24.8 Å². The Morgan fingerprint density at radius 1 is 1.26 bits per heavy atom. The number of benzene rings is 2. The molecule has 1 aliphatic rings. The summed E-state index contributed by atoms with van der Waals surface area (Å²) < 4.78 is 19.4. The predicted molar refractivity (Wildman–Crippen MR) is 107 cm³/mol. The van der Waals surface area contributed by atoms with Gasteiger partial charge in [0.25, 0.3) is 5.91 Å². The Labute approximate surface area is 170 Å². The topological polar surface area (TPSA) is 46.6 Å². The van der Waals surface area contributed by atoms with Crippen LogP contribution in [0.2, 0.25) is 0 Å². The van der Waals surface area contributed by atoms with E-state index < -0.39 is 12.0 Å². The lowest BCUT2D eigenvalue weighted by Crippen LogP contribution is -2.44. The molecule has 1 aliphatic heterocycles. The Morgan fingerprint density at radius 3 is 2.67 bits per heavy atom. The SMILES string of the molecule is CCCOC(=O)C1CSC(c2ccc(F)cc2)N1C(=O)c1cccc(Br)c1. The first kappa shape index (κ1) is 19.9. The third-order valence-corrected chi connectivity index (χ3v) is 6.00. The largest absolute Gasteiger partial charge is 0.464 e. The van der Waals surface area contributed by atoms with Crippen LogP contribution in [0.3, 0.4) is 0 Å². The molecule has 1 heterocycles. The molecule has 0 N–H and O–H groups in total. The maximum atomic E-state index is 13.3. The van der Waals surface area contributed by atoms with Gasteiger partial charge in [0.15, 0.2) is 0 Å². The lowest BCUT2D eigenvalue weighted by molar-refractivity contribution is -0.148. The summed E-state index contributed by atoms with van der Waals surface area (Å²) in [5.74, 6) is -0.568. The van der Waals surface area contributed by atoms with Gasteiger partial charge in [-0.3, -0.25) is 4.79 Å². The van der Waals surface area contributed by atoms with Crippen molar-refractivity contribution in [1.29, 1.82) is 0 Å². The van der Waals surface area contributed by atoms with Crippen LogP contribution in [0.15, 0.2) is 53.0 Å². The molecule has 1 amide bonds. The number of halogens is 2. The third-order valence-electron chi connectivity index (χ3n) is 4.18. The van der Waals surface area contributed by atoms with Crippen LogP contribution in [0.5, 0.6) is 0 Å². The quantitative estimate of drug-likeness (QED) is 0.612. The standard InChI is InChI=1S/C20H19BrFNO3S/c1-2-10-26-20(25)17-12-27-19(13-6-8-16(22)9-7-13)23(17)18(24)14-4-3-5-15(21)11-14/h3-9,11,17,19H,2,10,12H2,1H3. The second kappa shape index (κ2) is 8.89. The van der Waals surface area contributed by atoms with E-state index in [9.17, 15) is 14.0 Å². The first-order valence-electron chi connectivity index (χ1n) is 8.63. The number of hydrogen-bond acceptors (Lipinski definition) is 4. The highest BCUT2D eigenvalue weighted by Gasteiger charge is 2.43. The number of esters is 1. The Morgan fingerprint density at radius 2 is 2.00 bits per heavy atom. The van der Waals surface area contributed by atoms with Gasteiger partial charge in [-0.2, -0.15) is 0 Å². The van der Waals surface area contributed by atoms with E-state index in [1.54, 1.807) is 35.2 Å². The molecule has 27 heavy (non-hydrogen) atoms. The minimum absolute atomic E-state index is 0.255. The number of nitrogens with zero attached hydrogens (tertiary/aromatic N) is 1. The van der Waals surface area contributed by atoms with Crippen LogP contribution in [-0.4, -0.2) is 35.2 Å². The van der Waals surface area contributed by atoms with Gasteiger partial charge in [-0.25, -0.2) is 9.18 Å². The summed E-state index contributed by atoms with van der Waals surface area (Å²) in [5, 5.41) is -0.378. The maximum Gasteiger partial charge on any atom is 0.329 e. The molecule has 2 aromatic carbocycles. The average molecular weight is 452 g/mol. The Kier molecular flexibility index (Phi) is 6.55. The van der Waals surface area contributed by atoms with Crippen molar-refractivity contribution in [3.63, 3.8) is 0 Å². The van der Waals surface area contributed by atoms with E-state index >= 15 is 0 Å². The van der Waals surface area contributed by atoms with Crippen molar-refractivity contribution in [2.75, 3.05) is 12.4 Å². The molecule has 2 atom stereocenters. The predicted octanol–water partition coefficient (Wildman–Crippen LogP) is 4.80. The van der Waals surface area contributed by atoms with E-state index in [1.165, 1.54) is 23.9 Å². The van der Waals surface area contributed by atoms with Gasteiger partial charge in [0.1, 0.15) is 17.2 Å². The number of thioether (sulfide) groups is 1. The summed E-state index contributed by atoms with van der Waals surface area (Å²) in [7, 11) is 0. The molecule has 2 aromatic rings. The van der Waals surface area contributed by atoms with Crippen LogP contribution in [0.1, 0.15) is 34.6 Å². The number of carbonyl (C=O) groups excluding carboxylic acids is 2. The van der Waals surface area contributed by atoms with Crippen LogP contribution in [-0.2, 0) is 9.53 Å². The number of hydrogen-bond donors (Lipinski definition) is 0.